The molecular formula is C15H15FN2O. The van der Waals surface area contributed by atoms with Gasteiger partial charge in [-0.3, -0.25) is 4.79 Å². The minimum atomic E-state index is -0.381. The van der Waals surface area contributed by atoms with Crippen LogP contribution in [0.4, 0.5) is 15.8 Å². The van der Waals surface area contributed by atoms with E-state index in [1.54, 1.807) is 25.1 Å². The number of aryl methyl sites for hydroxylation is 2. The van der Waals surface area contributed by atoms with Gasteiger partial charge in [0.15, 0.2) is 0 Å². The van der Waals surface area contributed by atoms with E-state index in [0.717, 1.165) is 11.1 Å². The summed E-state index contributed by atoms with van der Waals surface area (Å²) in [5.41, 5.74) is 8.58. The molecular weight excluding hydrogens is 243 g/mol. The summed E-state index contributed by atoms with van der Waals surface area (Å²) in [5.74, 6) is -0.714. The summed E-state index contributed by atoms with van der Waals surface area (Å²) in [7, 11) is 0. The van der Waals surface area contributed by atoms with Gasteiger partial charge in [-0.05, 0) is 49.2 Å². The first-order chi connectivity index (χ1) is 8.97. The molecule has 0 aliphatic carbocycles. The van der Waals surface area contributed by atoms with Crippen LogP contribution in [0.15, 0.2) is 36.4 Å². The molecule has 0 unspecified atom stereocenters. The molecule has 0 radical (unpaired) electrons. The zero-order valence-electron chi connectivity index (χ0n) is 10.8. The third-order valence-electron chi connectivity index (χ3n) is 2.83. The van der Waals surface area contributed by atoms with E-state index in [1.165, 1.54) is 12.1 Å². The molecule has 0 aliphatic rings. The minimum Gasteiger partial charge on any atom is -0.398 e. The first-order valence-corrected chi connectivity index (χ1v) is 5.91. The summed E-state index contributed by atoms with van der Waals surface area (Å²) >= 11 is 0. The van der Waals surface area contributed by atoms with E-state index in [1.807, 2.05) is 13.0 Å². The fourth-order valence-corrected chi connectivity index (χ4v) is 2.00. The average molecular weight is 258 g/mol. The van der Waals surface area contributed by atoms with Gasteiger partial charge in [-0.1, -0.05) is 12.1 Å². The predicted octanol–water partition coefficient (Wildman–Crippen LogP) is 3.28. The lowest BCUT2D eigenvalue weighted by atomic mass is 10.1. The Balaban J connectivity index is 2.31. The molecule has 0 spiro atoms. The lowest BCUT2D eigenvalue weighted by Gasteiger charge is -2.10. The standard InChI is InChI=1S/C15H15FN2O/c1-9-6-11(16)8-12(7-9)18-15(19)14-10(2)4-3-5-13(14)17/h3-8H,17H2,1-2H3,(H,18,19). The van der Waals surface area contributed by atoms with Crippen LogP contribution in [0, 0.1) is 19.7 Å². The van der Waals surface area contributed by atoms with Crippen molar-refractivity contribution < 1.29 is 9.18 Å². The maximum absolute atomic E-state index is 13.3. The highest BCUT2D eigenvalue weighted by atomic mass is 19.1. The van der Waals surface area contributed by atoms with Gasteiger partial charge in [0.05, 0.1) is 5.56 Å². The summed E-state index contributed by atoms with van der Waals surface area (Å²) in [5, 5.41) is 2.66. The van der Waals surface area contributed by atoms with E-state index in [2.05, 4.69) is 5.32 Å². The number of carbonyl (C=O) groups excluding carboxylic acids is 1. The fraction of sp³-hybridized carbons (Fsp3) is 0.133. The number of nitrogens with one attached hydrogen (secondary N) is 1. The molecule has 0 fully saturated rings. The normalized spacial score (nSPS) is 10.3. The molecule has 0 aliphatic heterocycles. The molecule has 0 atom stereocenters. The molecule has 0 heterocycles. The van der Waals surface area contributed by atoms with Crippen molar-refractivity contribution >= 4 is 17.3 Å². The highest BCUT2D eigenvalue weighted by Gasteiger charge is 2.13. The van der Waals surface area contributed by atoms with Crippen LogP contribution in [0.5, 0.6) is 0 Å². The monoisotopic (exact) mass is 258 g/mol. The highest BCUT2D eigenvalue weighted by molar-refractivity contribution is 6.08. The Labute approximate surface area is 111 Å². The molecule has 19 heavy (non-hydrogen) atoms. The lowest BCUT2D eigenvalue weighted by Crippen LogP contribution is -2.15. The second kappa shape index (κ2) is 5.10. The van der Waals surface area contributed by atoms with Gasteiger partial charge in [0, 0.05) is 11.4 Å². The van der Waals surface area contributed by atoms with E-state index in [9.17, 15) is 9.18 Å². The van der Waals surface area contributed by atoms with Gasteiger partial charge in [-0.25, -0.2) is 4.39 Å². The zero-order valence-corrected chi connectivity index (χ0v) is 10.8. The van der Waals surface area contributed by atoms with Gasteiger partial charge < -0.3 is 11.1 Å². The van der Waals surface area contributed by atoms with Crippen LogP contribution in [0.2, 0.25) is 0 Å². The van der Waals surface area contributed by atoms with Crippen molar-refractivity contribution in [1.29, 1.82) is 0 Å². The van der Waals surface area contributed by atoms with Crippen molar-refractivity contribution in [2.45, 2.75) is 13.8 Å². The van der Waals surface area contributed by atoms with Crippen LogP contribution in [-0.4, -0.2) is 5.91 Å². The number of amides is 1. The van der Waals surface area contributed by atoms with Crippen LogP contribution in [-0.2, 0) is 0 Å². The second-order valence-electron chi connectivity index (χ2n) is 4.51. The van der Waals surface area contributed by atoms with Crippen molar-refractivity contribution in [3.8, 4) is 0 Å². The Hall–Kier alpha value is -2.36. The Morgan fingerprint density at radius 3 is 2.58 bits per heavy atom. The topological polar surface area (TPSA) is 55.1 Å². The van der Waals surface area contributed by atoms with Crippen molar-refractivity contribution in [1.82, 2.24) is 0 Å². The van der Waals surface area contributed by atoms with Gasteiger partial charge in [-0.2, -0.15) is 0 Å². The Morgan fingerprint density at radius 2 is 1.95 bits per heavy atom. The Bertz CT molecular complexity index is 598. The SMILES string of the molecule is Cc1cc(F)cc(NC(=O)c2c(C)cccc2N)c1. The van der Waals surface area contributed by atoms with Crippen LogP contribution in [0.25, 0.3) is 0 Å². The summed E-state index contributed by atoms with van der Waals surface area (Å²) in [6.45, 7) is 3.57. The molecule has 4 heteroatoms. The average Bonchev–Trinajstić information content (AvgIpc) is 2.26. The third kappa shape index (κ3) is 2.91. The van der Waals surface area contributed by atoms with Crippen LogP contribution >= 0.6 is 0 Å². The van der Waals surface area contributed by atoms with Gasteiger partial charge >= 0.3 is 0 Å². The maximum atomic E-state index is 13.3. The molecule has 3 nitrogen and oxygen atoms in total. The number of rotatable bonds is 2. The molecule has 0 saturated carbocycles. The number of anilines is 2. The van der Waals surface area contributed by atoms with E-state index in [4.69, 9.17) is 5.73 Å². The van der Waals surface area contributed by atoms with E-state index in [-0.39, 0.29) is 11.7 Å². The molecule has 2 rings (SSSR count). The maximum Gasteiger partial charge on any atom is 0.258 e. The Kier molecular flexibility index (Phi) is 3.51. The fourth-order valence-electron chi connectivity index (χ4n) is 2.00. The number of hydrogen-bond donors (Lipinski definition) is 2. The smallest absolute Gasteiger partial charge is 0.258 e. The van der Waals surface area contributed by atoms with Crippen molar-refractivity contribution in [2.75, 3.05) is 11.1 Å². The third-order valence-corrected chi connectivity index (χ3v) is 2.83. The van der Waals surface area contributed by atoms with E-state index < -0.39 is 0 Å². The number of nitrogen functional groups attached to an aromatic ring is 1. The molecule has 0 bridgehead atoms. The molecule has 3 N–H and O–H groups in total. The van der Waals surface area contributed by atoms with Gasteiger partial charge in [0.2, 0.25) is 0 Å². The predicted molar refractivity (Wildman–Crippen MR) is 74.7 cm³/mol. The zero-order chi connectivity index (χ0) is 14.0. The number of hydrogen-bond acceptors (Lipinski definition) is 2. The first-order valence-electron chi connectivity index (χ1n) is 5.91. The number of carbonyl (C=O) groups is 1. The van der Waals surface area contributed by atoms with Gasteiger partial charge in [0.1, 0.15) is 5.82 Å². The summed E-state index contributed by atoms with van der Waals surface area (Å²) in [6, 6.07) is 9.64. The second-order valence-corrected chi connectivity index (χ2v) is 4.51. The Morgan fingerprint density at radius 1 is 1.21 bits per heavy atom. The molecule has 1 amide bonds. The van der Waals surface area contributed by atoms with Crippen molar-refractivity contribution in [2.24, 2.45) is 0 Å². The lowest BCUT2D eigenvalue weighted by molar-refractivity contribution is 0.102. The van der Waals surface area contributed by atoms with Crippen molar-refractivity contribution in [3.05, 3.63) is 58.9 Å². The largest absolute Gasteiger partial charge is 0.398 e. The van der Waals surface area contributed by atoms with Gasteiger partial charge in [0.25, 0.3) is 5.91 Å². The van der Waals surface area contributed by atoms with E-state index in [0.29, 0.717) is 16.9 Å². The molecule has 98 valence electrons. The summed E-state index contributed by atoms with van der Waals surface area (Å²) in [6.07, 6.45) is 0. The number of halogens is 1. The molecule has 2 aromatic rings. The number of benzene rings is 2. The van der Waals surface area contributed by atoms with E-state index >= 15 is 0 Å². The highest BCUT2D eigenvalue weighted by Crippen LogP contribution is 2.19. The van der Waals surface area contributed by atoms with Crippen LogP contribution in [0.3, 0.4) is 0 Å². The van der Waals surface area contributed by atoms with Crippen LogP contribution in [0.1, 0.15) is 21.5 Å². The van der Waals surface area contributed by atoms with Gasteiger partial charge in [-0.15, -0.1) is 0 Å². The number of nitrogens with two attached hydrogens (primary N) is 1. The molecule has 0 saturated heterocycles. The summed E-state index contributed by atoms with van der Waals surface area (Å²) < 4.78 is 13.3. The first kappa shape index (κ1) is 13.1. The van der Waals surface area contributed by atoms with Crippen molar-refractivity contribution in [3.63, 3.8) is 0 Å². The van der Waals surface area contributed by atoms with Crippen LogP contribution < -0.4 is 11.1 Å². The molecule has 2 aromatic carbocycles. The molecule has 0 aromatic heterocycles. The summed E-state index contributed by atoms with van der Waals surface area (Å²) in [4.78, 5) is 12.2. The quantitative estimate of drug-likeness (QED) is 0.812. The minimum absolute atomic E-state index is 0.333.